The van der Waals surface area contributed by atoms with E-state index in [1.807, 2.05) is 6.92 Å². The van der Waals surface area contributed by atoms with E-state index in [4.69, 9.17) is 9.84 Å². The molecule has 1 aromatic carbocycles. The standard InChI is InChI=1S/C13H14FNO4/c1-7-11(4-5-19-7)15-12(16)9-3-2-8(13(17)18)6-10(9)14/h2-3,6-7,11H,4-5H2,1H3,(H,15,16)(H,17,18). The molecule has 1 heterocycles. The Morgan fingerprint density at radius 2 is 2.21 bits per heavy atom. The first kappa shape index (κ1) is 13.5. The van der Waals surface area contributed by atoms with Crippen LogP contribution >= 0.6 is 0 Å². The molecule has 1 fully saturated rings. The lowest BCUT2D eigenvalue weighted by atomic mass is 10.1. The maximum absolute atomic E-state index is 13.7. The Hall–Kier alpha value is -1.95. The van der Waals surface area contributed by atoms with Crippen molar-refractivity contribution in [3.05, 3.63) is 35.1 Å². The van der Waals surface area contributed by atoms with Crippen LogP contribution < -0.4 is 5.32 Å². The number of carboxylic acids is 1. The highest BCUT2D eigenvalue weighted by Gasteiger charge is 2.27. The van der Waals surface area contributed by atoms with Crippen molar-refractivity contribution in [2.75, 3.05) is 6.61 Å². The number of hydrogen-bond acceptors (Lipinski definition) is 3. The van der Waals surface area contributed by atoms with E-state index >= 15 is 0 Å². The zero-order valence-electron chi connectivity index (χ0n) is 10.4. The highest BCUT2D eigenvalue weighted by molar-refractivity contribution is 5.96. The normalized spacial score (nSPS) is 22.2. The molecule has 102 valence electrons. The number of amides is 1. The highest BCUT2D eigenvalue weighted by atomic mass is 19.1. The van der Waals surface area contributed by atoms with Gasteiger partial charge in [-0.25, -0.2) is 9.18 Å². The molecule has 2 N–H and O–H groups in total. The van der Waals surface area contributed by atoms with Crippen molar-refractivity contribution >= 4 is 11.9 Å². The Balaban J connectivity index is 2.13. The summed E-state index contributed by atoms with van der Waals surface area (Å²) in [5.41, 5.74) is -0.351. The summed E-state index contributed by atoms with van der Waals surface area (Å²) in [6, 6.07) is 3.07. The Kier molecular flexibility index (Phi) is 3.80. The fourth-order valence-electron chi connectivity index (χ4n) is 2.00. The number of carboxylic acid groups (broad SMARTS) is 1. The van der Waals surface area contributed by atoms with Crippen molar-refractivity contribution in [1.29, 1.82) is 0 Å². The number of benzene rings is 1. The first-order chi connectivity index (χ1) is 8.99. The number of hydrogen-bond donors (Lipinski definition) is 2. The van der Waals surface area contributed by atoms with Gasteiger partial charge in [-0.05, 0) is 31.5 Å². The van der Waals surface area contributed by atoms with Crippen LogP contribution in [0.5, 0.6) is 0 Å². The molecular weight excluding hydrogens is 253 g/mol. The first-order valence-electron chi connectivity index (χ1n) is 5.94. The second-order valence-corrected chi connectivity index (χ2v) is 4.44. The second-order valence-electron chi connectivity index (χ2n) is 4.44. The number of nitrogens with one attached hydrogen (secondary N) is 1. The zero-order chi connectivity index (χ0) is 14.0. The van der Waals surface area contributed by atoms with E-state index in [1.54, 1.807) is 0 Å². The zero-order valence-corrected chi connectivity index (χ0v) is 10.4. The number of carbonyl (C=O) groups excluding carboxylic acids is 1. The fraction of sp³-hybridized carbons (Fsp3) is 0.385. The van der Waals surface area contributed by atoms with Gasteiger partial charge in [0, 0.05) is 6.61 Å². The molecule has 0 saturated carbocycles. The van der Waals surface area contributed by atoms with E-state index in [0.717, 1.165) is 6.07 Å². The fourth-order valence-corrected chi connectivity index (χ4v) is 2.00. The highest BCUT2D eigenvalue weighted by Crippen LogP contribution is 2.15. The van der Waals surface area contributed by atoms with Crippen molar-refractivity contribution in [3.8, 4) is 0 Å². The van der Waals surface area contributed by atoms with Crippen LogP contribution in [0.3, 0.4) is 0 Å². The van der Waals surface area contributed by atoms with Crippen molar-refractivity contribution < 1.29 is 23.8 Å². The van der Waals surface area contributed by atoms with Crippen LogP contribution in [0.2, 0.25) is 0 Å². The minimum atomic E-state index is -1.23. The third kappa shape index (κ3) is 2.90. The van der Waals surface area contributed by atoms with E-state index in [9.17, 15) is 14.0 Å². The lowest BCUT2D eigenvalue weighted by molar-refractivity contribution is 0.0695. The molecule has 1 aliphatic heterocycles. The van der Waals surface area contributed by atoms with Gasteiger partial charge < -0.3 is 15.2 Å². The van der Waals surface area contributed by atoms with Gasteiger partial charge in [0.1, 0.15) is 5.82 Å². The molecule has 0 spiro atoms. The summed E-state index contributed by atoms with van der Waals surface area (Å²) in [4.78, 5) is 22.6. The molecular formula is C13H14FNO4. The largest absolute Gasteiger partial charge is 0.478 e. The molecule has 19 heavy (non-hydrogen) atoms. The average Bonchev–Trinajstić information content (AvgIpc) is 2.74. The smallest absolute Gasteiger partial charge is 0.335 e. The number of rotatable bonds is 3. The molecule has 2 rings (SSSR count). The monoisotopic (exact) mass is 267 g/mol. The van der Waals surface area contributed by atoms with Crippen LogP contribution in [0, 0.1) is 5.82 Å². The van der Waals surface area contributed by atoms with Gasteiger partial charge in [0.05, 0.1) is 23.3 Å². The van der Waals surface area contributed by atoms with Gasteiger partial charge >= 0.3 is 5.97 Å². The van der Waals surface area contributed by atoms with Crippen molar-refractivity contribution in [2.45, 2.75) is 25.5 Å². The summed E-state index contributed by atoms with van der Waals surface area (Å²) < 4.78 is 19.0. The number of carbonyl (C=O) groups is 2. The van der Waals surface area contributed by atoms with Gasteiger partial charge in [-0.15, -0.1) is 0 Å². The van der Waals surface area contributed by atoms with E-state index in [-0.39, 0.29) is 23.3 Å². The molecule has 0 aromatic heterocycles. The maximum atomic E-state index is 13.7. The van der Waals surface area contributed by atoms with Crippen molar-refractivity contribution in [2.24, 2.45) is 0 Å². The predicted molar refractivity (Wildman–Crippen MR) is 64.6 cm³/mol. The summed E-state index contributed by atoms with van der Waals surface area (Å²) in [6.45, 7) is 2.40. The van der Waals surface area contributed by atoms with Gasteiger partial charge in [-0.3, -0.25) is 4.79 Å². The third-order valence-corrected chi connectivity index (χ3v) is 3.15. The molecule has 0 radical (unpaired) electrons. The van der Waals surface area contributed by atoms with Crippen LogP contribution in [-0.2, 0) is 4.74 Å². The maximum Gasteiger partial charge on any atom is 0.335 e. The minimum absolute atomic E-state index is 0.106. The molecule has 5 nitrogen and oxygen atoms in total. The molecule has 2 atom stereocenters. The average molecular weight is 267 g/mol. The molecule has 1 aliphatic rings. The second kappa shape index (κ2) is 5.36. The Morgan fingerprint density at radius 3 is 2.74 bits per heavy atom. The number of aromatic carboxylic acids is 1. The quantitative estimate of drug-likeness (QED) is 0.868. The molecule has 0 aliphatic carbocycles. The van der Waals surface area contributed by atoms with E-state index in [2.05, 4.69) is 5.32 Å². The summed E-state index contributed by atoms with van der Waals surface area (Å²) in [5.74, 6) is -2.63. The molecule has 0 bridgehead atoms. The Labute approximate surface area is 109 Å². The molecule has 2 unspecified atom stereocenters. The van der Waals surface area contributed by atoms with Gasteiger partial charge in [0.2, 0.25) is 0 Å². The predicted octanol–water partition coefficient (Wildman–Crippen LogP) is 1.43. The van der Waals surface area contributed by atoms with Gasteiger partial charge in [-0.1, -0.05) is 0 Å². The molecule has 1 aromatic rings. The minimum Gasteiger partial charge on any atom is -0.478 e. The van der Waals surface area contributed by atoms with Crippen LogP contribution in [0.15, 0.2) is 18.2 Å². The molecule has 6 heteroatoms. The third-order valence-electron chi connectivity index (χ3n) is 3.15. The lowest BCUT2D eigenvalue weighted by Crippen LogP contribution is -2.39. The number of halogens is 1. The topological polar surface area (TPSA) is 75.6 Å². The number of ether oxygens (including phenoxy) is 1. The van der Waals surface area contributed by atoms with Crippen molar-refractivity contribution in [1.82, 2.24) is 5.32 Å². The molecule has 1 amide bonds. The lowest BCUT2D eigenvalue weighted by Gasteiger charge is -2.16. The molecule has 1 saturated heterocycles. The summed E-state index contributed by atoms with van der Waals surface area (Å²) in [5, 5.41) is 11.4. The summed E-state index contributed by atoms with van der Waals surface area (Å²) in [7, 11) is 0. The van der Waals surface area contributed by atoms with Crippen LogP contribution in [-0.4, -0.2) is 35.7 Å². The van der Waals surface area contributed by atoms with Gasteiger partial charge in [0.25, 0.3) is 5.91 Å². The van der Waals surface area contributed by atoms with E-state index < -0.39 is 17.7 Å². The van der Waals surface area contributed by atoms with Gasteiger partial charge in [0.15, 0.2) is 0 Å². The Bertz CT molecular complexity index is 517. The van der Waals surface area contributed by atoms with Crippen molar-refractivity contribution in [3.63, 3.8) is 0 Å². The summed E-state index contributed by atoms with van der Waals surface area (Å²) in [6.07, 6.45) is 0.576. The van der Waals surface area contributed by atoms with E-state index in [1.165, 1.54) is 12.1 Å². The van der Waals surface area contributed by atoms with Crippen LogP contribution in [0.25, 0.3) is 0 Å². The Morgan fingerprint density at radius 1 is 1.47 bits per heavy atom. The first-order valence-corrected chi connectivity index (χ1v) is 5.94. The summed E-state index contributed by atoms with van der Waals surface area (Å²) >= 11 is 0. The van der Waals surface area contributed by atoms with Crippen LogP contribution in [0.1, 0.15) is 34.1 Å². The van der Waals surface area contributed by atoms with Gasteiger partial charge in [-0.2, -0.15) is 0 Å². The van der Waals surface area contributed by atoms with Crippen LogP contribution in [0.4, 0.5) is 4.39 Å². The van der Waals surface area contributed by atoms with E-state index in [0.29, 0.717) is 13.0 Å². The SMILES string of the molecule is CC1OCCC1NC(=O)c1ccc(C(=O)O)cc1F.